The molecule has 0 radical (unpaired) electrons. The lowest BCUT2D eigenvalue weighted by Crippen LogP contribution is -2.28. The molecule has 0 aliphatic carbocycles. The minimum absolute atomic E-state index is 0. The summed E-state index contributed by atoms with van der Waals surface area (Å²) in [6.07, 6.45) is 0. The summed E-state index contributed by atoms with van der Waals surface area (Å²) in [4.78, 5) is 2.28. The Bertz CT molecular complexity index is 718. The van der Waals surface area contributed by atoms with E-state index in [9.17, 15) is 8.78 Å². The second-order valence-corrected chi connectivity index (χ2v) is 6.47. The number of benzene rings is 2. The highest BCUT2D eigenvalue weighted by Crippen LogP contribution is 2.32. The number of hydrogen-bond acceptors (Lipinski definition) is 4. The third-order valence-corrected chi connectivity index (χ3v) is 4.60. The van der Waals surface area contributed by atoms with Gasteiger partial charge in [-0.1, -0.05) is 36.4 Å². The molecule has 0 saturated carbocycles. The van der Waals surface area contributed by atoms with Gasteiger partial charge in [-0.2, -0.15) is 8.78 Å². The van der Waals surface area contributed by atoms with Crippen LogP contribution in [0.4, 0.5) is 8.78 Å². The fourth-order valence-corrected chi connectivity index (χ4v) is 3.47. The molecule has 4 nitrogen and oxygen atoms in total. The predicted molar refractivity (Wildman–Crippen MR) is 104 cm³/mol. The quantitative estimate of drug-likeness (QED) is 0.764. The first-order valence-corrected chi connectivity index (χ1v) is 8.80. The number of hydrogen-bond donors (Lipinski definition) is 1. The van der Waals surface area contributed by atoms with Crippen LogP contribution in [0.1, 0.15) is 24.0 Å². The van der Waals surface area contributed by atoms with E-state index >= 15 is 0 Å². The monoisotopic (exact) mass is 398 g/mol. The summed E-state index contributed by atoms with van der Waals surface area (Å²) in [5.41, 5.74) is 8.57. The van der Waals surface area contributed by atoms with Gasteiger partial charge in [0, 0.05) is 31.6 Å². The van der Waals surface area contributed by atoms with E-state index in [1.165, 1.54) is 11.6 Å². The summed E-state index contributed by atoms with van der Waals surface area (Å²) in [7, 11) is 0. The molecule has 3 rings (SSSR count). The lowest BCUT2D eigenvalue weighted by Gasteiger charge is -2.18. The molecule has 0 aromatic heterocycles. The Morgan fingerprint density at radius 2 is 1.85 bits per heavy atom. The predicted octanol–water partition coefficient (Wildman–Crippen LogP) is 4.04. The van der Waals surface area contributed by atoms with E-state index in [2.05, 4.69) is 21.8 Å². The maximum atomic E-state index is 12.5. The molecule has 0 amide bonds. The lowest BCUT2D eigenvalue weighted by atomic mass is 9.95. The Morgan fingerprint density at radius 1 is 1.11 bits per heavy atom. The van der Waals surface area contributed by atoms with Crippen molar-refractivity contribution in [3.05, 3.63) is 59.7 Å². The smallest absolute Gasteiger partial charge is 0.387 e. The first-order valence-electron chi connectivity index (χ1n) is 8.80. The Balaban J connectivity index is 0.00000261. The van der Waals surface area contributed by atoms with Gasteiger partial charge in [0.05, 0.1) is 6.61 Å². The van der Waals surface area contributed by atoms with E-state index in [1.807, 2.05) is 25.1 Å². The minimum Gasteiger partial charge on any atom is -0.490 e. The van der Waals surface area contributed by atoms with Gasteiger partial charge in [0.2, 0.25) is 0 Å². The topological polar surface area (TPSA) is 47.7 Å². The summed E-state index contributed by atoms with van der Waals surface area (Å²) in [5, 5.41) is 0. The van der Waals surface area contributed by atoms with Crippen molar-refractivity contribution in [3.8, 4) is 11.5 Å². The zero-order chi connectivity index (χ0) is 18.5. The van der Waals surface area contributed by atoms with Gasteiger partial charge in [0.1, 0.15) is 0 Å². The zero-order valence-corrected chi connectivity index (χ0v) is 16.0. The van der Waals surface area contributed by atoms with E-state index in [0.29, 0.717) is 24.8 Å². The van der Waals surface area contributed by atoms with Crippen molar-refractivity contribution in [1.82, 2.24) is 4.90 Å². The van der Waals surface area contributed by atoms with E-state index in [4.69, 9.17) is 10.5 Å². The Hall–Kier alpha value is -1.89. The number of halogens is 3. The Labute approximate surface area is 164 Å². The first-order chi connectivity index (χ1) is 12.6. The Kier molecular flexibility index (Phi) is 7.83. The minimum atomic E-state index is -2.87. The van der Waals surface area contributed by atoms with Gasteiger partial charge < -0.3 is 15.2 Å². The number of alkyl halides is 2. The maximum Gasteiger partial charge on any atom is 0.387 e. The van der Waals surface area contributed by atoms with Crippen LogP contribution in [-0.4, -0.2) is 37.2 Å². The second kappa shape index (κ2) is 9.88. The normalized spacial score (nSPS) is 19.7. The summed E-state index contributed by atoms with van der Waals surface area (Å²) < 4.78 is 35.0. The van der Waals surface area contributed by atoms with Crippen molar-refractivity contribution in [2.75, 3.05) is 19.7 Å². The van der Waals surface area contributed by atoms with Gasteiger partial charge >= 0.3 is 6.61 Å². The van der Waals surface area contributed by atoms with Crippen molar-refractivity contribution >= 4 is 12.4 Å². The van der Waals surface area contributed by atoms with Gasteiger partial charge in [-0.25, -0.2) is 0 Å². The standard InChI is InChI=1S/C20H24F2N2O2.ClH/c1-2-25-19-10-14(8-9-18(19)26-20(21)22)11-24-12-16(17(23)13-24)15-6-4-3-5-7-15;/h3-10,16-17,20H,2,11-13,23H2,1H3;1H/t16-,17+;/m0./s1. The molecule has 2 aromatic carbocycles. The summed E-state index contributed by atoms with van der Waals surface area (Å²) in [6.45, 7) is 1.66. The SMILES string of the molecule is CCOc1cc(CN2C[C@@H](N)[C@H](c3ccccc3)C2)ccc1OC(F)F.Cl. The zero-order valence-electron chi connectivity index (χ0n) is 15.2. The molecule has 1 aliphatic rings. The van der Waals surface area contributed by atoms with Gasteiger partial charge in [-0.15, -0.1) is 12.4 Å². The maximum absolute atomic E-state index is 12.5. The first kappa shape index (κ1) is 21.4. The van der Waals surface area contributed by atoms with Crippen LogP contribution in [0.25, 0.3) is 0 Å². The molecule has 0 spiro atoms. The Morgan fingerprint density at radius 3 is 2.52 bits per heavy atom. The van der Waals surface area contributed by atoms with Crippen LogP contribution < -0.4 is 15.2 Å². The molecule has 0 unspecified atom stereocenters. The summed E-state index contributed by atoms with van der Waals surface area (Å²) in [5.74, 6) is 0.697. The van der Waals surface area contributed by atoms with Crippen LogP contribution in [0.3, 0.4) is 0 Å². The molecule has 1 heterocycles. The molecule has 0 bridgehead atoms. The van der Waals surface area contributed by atoms with Crippen LogP contribution >= 0.6 is 12.4 Å². The highest BCUT2D eigenvalue weighted by Gasteiger charge is 2.31. The molecular formula is C20H25ClF2N2O2. The van der Waals surface area contributed by atoms with Crippen LogP contribution in [0.15, 0.2) is 48.5 Å². The van der Waals surface area contributed by atoms with Crippen LogP contribution in [-0.2, 0) is 6.54 Å². The highest BCUT2D eigenvalue weighted by molar-refractivity contribution is 5.85. The number of nitrogens with two attached hydrogens (primary N) is 1. The van der Waals surface area contributed by atoms with E-state index in [1.54, 1.807) is 12.1 Å². The van der Waals surface area contributed by atoms with Crippen LogP contribution in [0.2, 0.25) is 0 Å². The van der Waals surface area contributed by atoms with Crippen molar-refractivity contribution in [2.24, 2.45) is 5.73 Å². The molecule has 2 N–H and O–H groups in total. The molecule has 1 fully saturated rings. The largest absolute Gasteiger partial charge is 0.490 e. The molecular weight excluding hydrogens is 374 g/mol. The molecule has 27 heavy (non-hydrogen) atoms. The molecule has 2 aromatic rings. The molecule has 1 aliphatic heterocycles. The van der Waals surface area contributed by atoms with E-state index in [0.717, 1.165) is 18.7 Å². The second-order valence-electron chi connectivity index (χ2n) is 6.47. The number of likely N-dealkylation sites (tertiary alicyclic amines) is 1. The highest BCUT2D eigenvalue weighted by atomic mass is 35.5. The van der Waals surface area contributed by atoms with Crippen LogP contribution in [0, 0.1) is 0 Å². The van der Waals surface area contributed by atoms with Crippen LogP contribution in [0.5, 0.6) is 11.5 Å². The fourth-order valence-electron chi connectivity index (χ4n) is 3.47. The average molecular weight is 399 g/mol. The lowest BCUT2D eigenvalue weighted by molar-refractivity contribution is -0.0514. The van der Waals surface area contributed by atoms with Gasteiger partial charge in [-0.05, 0) is 30.2 Å². The number of rotatable bonds is 7. The van der Waals surface area contributed by atoms with E-state index < -0.39 is 6.61 Å². The van der Waals surface area contributed by atoms with Gasteiger partial charge in [0.15, 0.2) is 11.5 Å². The molecule has 1 saturated heterocycles. The average Bonchev–Trinajstić information content (AvgIpc) is 2.98. The van der Waals surface area contributed by atoms with Gasteiger partial charge in [0.25, 0.3) is 0 Å². The third kappa shape index (κ3) is 5.54. The van der Waals surface area contributed by atoms with Crippen molar-refractivity contribution in [3.63, 3.8) is 0 Å². The fraction of sp³-hybridized carbons (Fsp3) is 0.400. The molecule has 7 heteroatoms. The van der Waals surface area contributed by atoms with Crippen molar-refractivity contribution in [1.29, 1.82) is 0 Å². The summed E-state index contributed by atoms with van der Waals surface area (Å²) in [6, 6.07) is 15.4. The van der Waals surface area contributed by atoms with Crippen molar-refractivity contribution < 1.29 is 18.3 Å². The van der Waals surface area contributed by atoms with E-state index in [-0.39, 0.29) is 24.2 Å². The third-order valence-electron chi connectivity index (χ3n) is 4.60. The molecule has 148 valence electrons. The number of ether oxygens (including phenoxy) is 2. The van der Waals surface area contributed by atoms with Crippen molar-refractivity contribution in [2.45, 2.75) is 32.0 Å². The van der Waals surface area contributed by atoms with Gasteiger partial charge in [-0.3, -0.25) is 4.90 Å². The number of nitrogens with zero attached hydrogens (tertiary/aromatic N) is 1. The molecule has 2 atom stereocenters. The summed E-state index contributed by atoms with van der Waals surface area (Å²) >= 11 is 0.